The Kier molecular flexibility index (Phi) is 4.16. The normalized spacial score (nSPS) is 22.2. The van der Waals surface area contributed by atoms with Crippen molar-refractivity contribution in [1.82, 2.24) is 0 Å². The van der Waals surface area contributed by atoms with Crippen LogP contribution < -0.4 is 16.8 Å². The Hall–Kier alpha value is -1.88. The van der Waals surface area contributed by atoms with Crippen LogP contribution in [0.5, 0.6) is 0 Å². The van der Waals surface area contributed by atoms with Crippen molar-refractivity contribution < 1.29 is 9.59 Å². The Morgan fingerprint density at radius 2 is 2.11 bits per heavy atom. The third kappa shape index (κ3) is 3.54. The molecule has 5 heteroatoms. The van der Waals surface area contributed by atoms with Crippen molar-refractivity contribution in [3.05, 3.63) is 29.8 Å². The summed E-state index contributed by atoms with van der Waals surface area (Å²) in [7, 11) is 0. The highest BCUT2D eigenvalue weighted by atomic mass is 16.2. The van der Waals surface area contributed by atoms with Gasteiger partial charge in [-0.15, -0.1) is 0 Å². The summed E-state index contributed by atoms with van der Waals surface area (Å²) in [5.41, 5.74) is 12.1. The third-order valence-electron chi connectivity index (χ3n) is 3.60. The summed E-state index contributed by atoms with van der Waals surface area (Å²) in [6.45, 7) is 0. The average Bonchev–Trinajstić information content (AvgIpc) is 2.75. The first-order valence-corrected chi connectivity index (χ1v) is 6.51. The molecular formula is C14H19N3O2. The van der Waals surface area contributed by atoms with Gasteiger partial charge in [-0.3, -0.25) is 9.59 Å². The third-order valence-corrected chi connectivity index (χ3v) is 3.60. The molecule has 0 spiro atoms. The summed E-state index contributed by atoms with van der Waals surface area (Å²) in [6.07, 6.45) is 3.53. The van der Waals surface area contributed by atoms with Crippen LogP contribution in [-0.4, -0.2) is 17.9 Å². The molecule has 1 aliphatic rings. The predicted molar refractivity (Wildman–Crippen MR) is 73.5 cm³/mol. The van der Waals surface area contributed by atoms with Crippen LogP contribution in [-0.2, 0) is 4.79 Å². The number of carbonyl (C=O) groups excluding carboxylic acids is 2. The number of anilines is 1. The molecule has 5 N–H and O–H groups in total. The molecule has 2 rings (SSSR count). The van der Waals surface area contributed by atoms with Gasteiger partial charge in [0.2, 0.25) is 11.8 Å². The highest BCUT2D eigenvalue weighted by Gasteiger charge is 2.25. The fourth-order valence-corrected chi connectivity index (χ4v) is 2.52. The molecule has 1 saturated carbocycles. The molecule has 5 nitrogen and oxygen atoms in total. The number of benzene rings is 1. The monoisotopic (exact) mass is 261 g/mol. The lowest BCUT2D eigenvalue weighted by Gasteiger charge is -2.14. The number of nitrogens with two attached hydrogens (primary N) is 2. The van der Waals surface area contributed by atoms with E-state index in [-0.39, 0.29) is 17.9 Å². The lowest BCUT2D eigenvalue weighted by molar-refractivity contribution is -0.117. The zero-order valence-corrected chi connectivity index (χ0v) is 10.8. The van der Waals surface area contributed by atoms with E-state index in [1.807, 2.05) is 0 Å². The largest absolute Gasteiger partial charge is 0.366 e. The smallest absolute Gasteiger partial charge is 0.248 e. The molecule has 19 heavy (non-hydrogen) atoms. The maximum Gasteiger partial charge on any atom is 0.248 e. The molecule has 0 aromatic heterocycles. The Bertz CT molecular complexity index is 487. The Morgan fingerprint density at radius 1 is 1.32 bits per heavy atom. The zero-order chi connectivity index (χ0) is 13.8. The first kappa shape index (κ1) is 13.5. The van der Waals surface area contributed by atoms with E-state index in [2.05, 4.69) is 5.32 Å². The van der Waals surface area contributed by atoms with Crippen LogP contribution in [0.4, 0.5) is 5.69 Å². The molecule has 1 fully saturated rings. The minimum atomic E-state index is -0.506. The summed E-state index contributed by atoms with van der Waals surface area (Å²) in [5, 5.41) is 2.78. The highest BCUT2D eigenvalue weighted by molar-refractivity contribution is 5.96. The van der Waals surface area contributed by atoms with E-state index in [4.69, 9.17) is 11.5 Å². The van der Waals surface area contributed by atoms with E-state index in [9.17, 15) is 9.59 Å². The van der Waals surface area contributed by atoms with Crippen molar-refractivity contribution in [3.8, 4) is 0 Å². The van der Waals surface area contributed by atoms with Crippen molar-refractivity contribution in [1.29, 1.82) is 0 Å². The van der Waals surface area contributed by atoms with Crippen LogP contribution in [0.1, 0.15) is 36.0 Å². The van der Waals surface area contributed by atoms with Crippen molar-refractivity contribution >= 4 is 17.5 Å². The highest BCUT2D eigenvalue weighted by Crippen LogP contribution is 2.27. The van der Waals surface area contributed by atoms with Crippen LogP contribution in [0.2, 0.25) is 0 Å². The van der Waals surface area contributed by atoms with E-state index in [0.29, 0.717) is 17.7 Å². The summed E-state index contributed by atoms with van der Waals surface area (Å²) in [5.74, 6) is -0.308. The van der Waals surface area contributed by atoms with Crippen LogP contribution >= 0.6 is 0 Å². The SMILES string of the molecule is NC(=O)c1cccc(NC(=O)C[C@@H]2CCC[C@H]2N)c1. The van der Waals surface area contributed by atoms with Crippen molar-refractivity contribution in [2.75, 3.05) is 5.32 Å². The lowest BCUT2D eigenvalue weighted by atomic mass is 10.00. The van der Waals surface area contributed by atoms with Gasteiger partial charge in [-0.05, 0) is 37.0 Å². The minimum absolute atomic E-state index is 0.0658. The Morgan fingerprint density at radius 3 is 2.74 bits per heavy atom. The molecule has 0 radical (unpaired) electrons. The molecule has 2 amide bonds. The number of hydrogen-bond donors (Lipinski definition) is 3. The van der Waals surface area contributed by atoms with Crippen LogP contribution in [0, 0.1) is 5.92 Å². The van der Waals surface area contributed by atoms with E-state index >= 15 is 0 Å². The summed E-state index contributed by atoms with van der Waals surface area (Å²) >= 11 is 0. The zero-order valence-electron chi connectivity index (χ0n) is 10.8. The van der Waals surface area contributed by atoms with Gasteiger partial charge in [-0.25, -0.2) is 0 Å². The van der Waals surface area contributed by atoms with Gasteiger partial charge in [0.15, 0.2) is 0 Å². The first-order chi connectivity index (χ1) is 9.06. The van der Waals surface area contributed by atoms with Crippen molar-refractivity contribution in [2.24, 2.45) is 17.4 Å². The molecule has 1 aromatic rings. The van der Waals surface area contributed by atoms with E-state index in [1.54, 1.807) is 24.3 Å². The Labute approximate surface area is 112 Å². The number of rotatable bonds is 4. The maximum absolute atomic E-state index is 11.9. The van der Waals surface area contributed by atoms with Gasteiger partial charge in [-0.2, -0.15) is 0 Å². The van der Waals surface area contributed by atoms with E-state index in [0.717, 1.165) is 19.3 Å². The van der Waals surface area contributed by atoms with Gasteiger partial charge in [0.25, 0.3) is 0 Å². The molecule has 0 unspecified atom stereocenters. The van der Waals surface area contributed by atoms with Gasteiger partial charge >= 0.3 is 0 Å². The fourth-order valence-electron chi connectivity index (χ4n) is 2.52. The molecule has 0 heterocycles. The summed E-state index contributed by atoms with van der Waals surface area (Å²) in [6, 6.07) is 6.75. The number of amides is 2. The van der Waals surface area contributed by atoms with E-state index in [1.165, 1.54) is 0 Å². The Balaban J connectivity index is 1.95. The predicted octanol–water partition coefficient (Wildman–Crippen LogP) is 1.24. The molecule has 2 atom stereocenters. The molecule has 1 aromatic carbocycles. The van der Waals surface area contributed by atoms with Gasteiger partial charge in [-0.1, -0.05) is 12.5 Å². The quantitative estimate of drug-likeness (QED) is 0.760. The van der Waals surface area contributed by atoms with Gasteiger partial charge in [0, 0.05) is 23.7 Å². The molecule has 0 saturated heterocycles. The molecule has 102 valence electrons. The second-order valence-corrected chi connectivity index (χ2v) is 5.05. The van der Waals surface area contributed by atoms with Crippen LogP contribution in [0.25, 0.3) is 0 Å². The average molecular weight is 261 g/mol. The number of nitrogens with one attached hydrogen (secondary N) is 1. The summed E-state index contributed by atoms with van der Waals surface area (Å²) < 4.78 is 0. The van der Waals surface area contributed by atoms with Crippen molar-refractivity contribution in [3.63, 3.8) is 0 Å². The van der Waals surface area contributed by atoms with Gasteiger partial charge in [0.05, 0.1) is 0 Å². The fraction of sp³-hybridized carbons (Fsp3) is 0.429. The number of carbonyl (C=O) groups is 2. The topological polar surface area (TPSA) is 98.2 Å². The molecule has 0 aliphatic heterocycles. The lowest BCUT2D eigenvalue weighted by Crippen LogP contribution is -2.28. The van der Waals surface area contributed by atoms with Crippen molar-refractivity contribution in [2.45, 2.75) is 31.7 Å². The first-order valence-electron chi connectivity index (χ1n) is 6.51. The second-order valence-electron chi connectivity index (χ2n) is 5.05. The second kappa shape index (κ2) is 5.84. The molecule has 0 bridgehead atoms. The number of primary amides is 1. The van der Waals surface area contributed by atoms with E-state index < -0.39 is 5.91 Å². The van der Waals surface area contributed by atoms with Gasteiger partial charge < -0.3 is 16.8 Å². The maximum atomic E-state index is 11.9. The van der Waals surface area contributed by atoms with Gasteiger partial charge in [0.1, 0.15) is 0 Å². The minimum Gasteiger partial charge on any atom is -0.366 e. The summed E-state index contributed by atoms with van der Waals surface area (Å²) in [4.78, 5) is 23.0. The van der Waals surface area contributed by atoms with Crippen LogP contribution in [0.3, 0.4) is 0 Å². The van der Waals surface area contributed by atoms with Crippen LogP contribution in [0.15, 0.2) is 24.3 Å². The number of hydrogen-bond acceptors (Lipinski definition) is 3. The standard InChI is InChI=1S/C14H19N3O2/c15-12-6-2-3-9(12)8-13(18)17-11-5-1-4-10(7-11)14(16)19/h1,4-5,7,9,12H,2-3,6,8,15H2,(H2,16,19)(H,17,18)/t9-,12+/m0/s1. The molecule has 1 aliphatic carbocycles. The molecular weight excluding hydrogens is 242 g/mol.